The number of hydrogen-bond acceptors (Lipinski definition) is 4. The van der Waals surface area contributed by atoms with Crippen molar-refractivity contribution in [3.8, 4) is 0 Å². The maximum Gasteiger partial charge on any atom is 0.253 e. The van der Waals surface area contributed by atoms with E-state index in [1.54, 1.807) is 23.1 Å². The first-order valence-corrected chi connectivity index (χ1v) is 9.05. The normalized spacial score (nSPS) is 21.2. The van der Waals surface area contributed by atoms with Crippen LogP contribution in [-0.2, 0) is 14.8 Å². The van der Waals surface area contributed by atoms with Gasteiger partial charge >= 0.3 is 0 Å². The highest BCUT2D eigenvalue weighted by atomic mass is 32.2. The highest BCUT2D eigenvalue weighted by Gasteiger charge is 2.36. The molecule has 0 unspecified atom stereocenters. The van der Waals surface area contributed by atoms with Crippen molar-refractivity contribution in [1.82, 2.24) is 4.90 Å². The summed E-state index contributed by atoms with van der Waals surface area (Å²) in [4.78, 5) is 26.1. The van der Waals surface area contributed by atoms with Crippen molar-refractivity contribution >= 4 is 27.5 Å². The van der Waals surface area contributed by atoms with Gasteiger partial charge in [-0.15, -0.1) is 0 Å². The van der Waals surface area contributed by atoms with Gasteiger partial charge in [0.05, 0.1) is 11.4 Å². The van der Waals surface area contributed by atoms with Gasteiger partial charge in [-0.1, -0.05) is 6.07 Å². The molecule has 22 heavy (non-hydrogen) atoms. The van der Waals surface area contributed by atoms with E-state index < -0.39 is 15.9 Å². The standard InChI is InChI=1S/C15H18N2O4S/c18-14-7-10-22(20,21)17(14)13-6-4-5-12(11-13)15(19)16-8-2-1-3-9-16/h4-6,11H,1-3,7-10H2. The molecule has 2 saturated heterocycles. The zero-order valence-electron chi connectivity index (χ0n) is 12.2. The van der Waals surface area contributed by atoms with E-state index >= 15 is 0 Å². The fraction of sp³-hybridized carbons (Fsp3) is 0.467. The number of hydrogen-bond donors (Lipinski definition) is 0. The van der Waals surface area contributed by atoms with Crippen LogP contribution in [0.1, 0.15) is 36.0 Å². The molecule has 0 radical (unpaired) electrons. The summed E-state index contributed by atoms with van der Waals surface area (Å²) < 4.78 is 24.7. The summed E-state index contributed by atoms with van der Waals surface area (Å²) in [7, 11) is -3.60. The van der Waals surface area contributed by atoms with Gasteiger partial charge in [-0.25, -0.2) is 12.7 Å². The second kappa shape index (κ2) is 5.72. The maximum absolute atomic E-state index is 12.5. The van der Waals surface area contributed by atoms with E-state index in [1.165, 1.54) is 6.07 Å². The molecule has 0 aromatic heterocycles. The van der Waals surface area contributed by atoms with Gasteiger partial charge in [-0.05, 0) is 37.5 Å². The third-order valence-electron chi connectivity index (χ3n) is 4.05. The Hall–Kier alpha value is -1.89. The molecule has 2 aliphatic rings. The summed E-state index contributed by atoms with van der Waals surface area (Å²) in [6.45, 7) is 1.45. The van der Waals surface area contributed by atoms with Crippen LogP contribution in [0.3, 0.4) is 0 Å². The quantitative estimate of drug-likeness (QED) is 0.824. The minimum atomic E-state index is -3.60. The monoisotopic (exact) mass is 322 g/mol. The highest BCUT2D eigenvalue weighted by molar-refractivity contribution is 7.94. The van der Waals surface area contributed by atoms with E-state index in [1.807, 2.05) is 0 Å². The Morgan fingerprint density at radius 2 is 1.82 bits per heavy atom. The van der Waals surface area contributed by atoms with Gasteiger partial charge in [-0.2, -0.15) is 0 Å². The Bertz CT molecular complexity index is 708. The summed E-state index contributed by atoms with van der Waals surface area (Å²) >= 11 is 0. The van der Waals surface area contributed by atoms with Crippen molar-refractivity contribution < 1.29 is 18.0 Å². The molecule has 2 fully saturated rings. The topological polar surface area (TPSA) is 74.8 Å². The number of anilines is 1. The number of likely N-dealkylation sites (tertiary alicyclic amines) is 1. The largest absolute Gasteiger partial charge is 0.339 e. The predicted octanol–water partition coefficient (Wildman–Crippen LogP) is 1.38. The molecule has 0 atom stereocenters. The second-order valence-electron chi connectivity index (χ2n) is 5.63. The van der Waals surface area contributed by atoms with Crippen LogP contribution in [0.5, 0.6) is 0 Å². The minimum absolute atomic E-state index is 0.00731. The summed E-state index contributed by atoms with van der Waals surface area (Å²) in [5.74, 6) is -0.718. The molecule has 1 aromatic carbocycles. The first kappa shape index (κ1) is 15.0. The molecular weight excluding hydrogens is 304 g/mol. The summed E-state index contributed by atoms with van der Waals surface area (Å²) in [5.41, 5.74) is 0.680. The third kappa shape index (κ3) is 2.72. The van der Waals surface area contributed by atoms with Crippen LogP contribution in [0.2, 0.25) is 0 Å². The van der Waals surface area contributed by atoms with Crippen molar-refractivity contribution in [3.63, 3.8) is 0 Å². The van der Waals surface area contributed by atoms with Gasteiger partial charge in [-0.3, -0.25) is 9.59 Å². The van der Waals surface area contributed by atoms with E-state index in [0.717, 1.165) is 36.7 Å². The fourth-order valence-electron chi connectivity index (χ4n) is 2.91. The molecule has 2 aliphatic heterocycles. The lowest BCUT2D eigenvalue weighted by Gasteiger charge is -2.27. The van der Waals surface area contributed by atoms with Gasteiger partial charge < -0.3 is 4.90 Å². The SMILES string of the molecule is O=C(c1cccc(N2C(=O)CCS2(=O)=O)c1)N1CCCCC1. The molecule has 2 heterocycles. The third-order valence-corrected chi connectivity index (χ3v) is 5.74. The van der Waals surface area contributed by atoms with Crippen LogP contribution in [0.25, 0.3) is 0 Å². The molecule has 0 saturated carbocycles. The molecule has 0 spiro atoms. The Morgan fingerprint density at radius 1 is 1.09 bits per heavy atom. The van der Waals surface area contributed by atoms with Crippen LogP contribution in [0, 0.1) is 0 Å². The van der Waals surface area contributed by atoms with Crippen molar-refractivity contribution in [3.05, 3.63) is 29.8 Å². The van der Waals surface area contributed by atoms with Crippen LogP contribution in [0.4, 0.5) is 5.69 Å². The number of sulfonamides is 1. The molecule has 7 heteroatoms. The number of piperidine rings is 1. The summed E-state index contributed by atoms with van der Waals surface area (Å²) in [5, 5.41) is 0. The maximum atomic E-state index is 12.5. The zero-order chi connectivity index (χ0) is 15.7. The van der Waals surface area contributed by atoms with Crippen molar-refractivity contribution in [1.29, 1.82) is 0 Å². The molecule has 118 valence electrons. The highest BCUT2D eigenvalue weighted by Crippen LogP contribution is 2.26. The molecular formula is C15H18N2O4S. The lowest BCUT2D eigenvalue weighted by molar-refractivity contribution is -0.116. The Kier molecular flexibility index (Phi) is 3.90. The van der Waals surface area contributed by atoms with Crippen LogP contribution < -0.4 is 4.31 Å². The van der Waals surface area contributed by atoms with Crippen molar-refractivity contribution in [2.24, 2.45) is 0 Å². The lowest BCUT2D eigenvalue weighted by Crippen LogP contribution is -2.36. The number of benzene rings is 1. The summed E-state index contributed by atoms with van der Waals surface area (Å²) in [6, 6.07) is 6.33. The first-order chi connectivity index (χ1) is 10.5. The average Bonchev–Trinajstić information content (AvgIpc) is 2.81. The molecule has 0 N–H and O–H groups in total. The zero-order valence-corrected chi connectivity index (χ0v) is 13.0. The number of carbonyl (C=O) groups is 2. The number of rotatable bonds is 2. The van der Waals surface area contributed by atoms with E-state index in [9.17, 15) is 18.0 Å². The van der Waals surface area contributed by atoms with E-state index in [4.69, 9.17) is 0 Å². The van der Waals surface area contributed by atoms with E-state index in [2.05, 4.69) is 0 Å². The van der Waals surface area contributed by atoms with Gasteiger partial charge in [0, 0.05) is 25.1 Å². The van der Waals surface area contributed by atoms with Crippen molar-refractivity contribution in [2.75, 3.05) is 23.1 Å². The lowest BCUT2D eigenvalue weighted by atomic mass is 10.1. The molecule has 6 nitrogen and oxygen atoms in total. The predicted molar refractivity (Wildman–Crippen MR) is 82.1 cm³/mol. The number of nitrogens with zero attached hydrogens (tertiary/aromatic N) is 2. The Labute approximate surface area is 129 Å². The number of carbonyl (C=O) groups excluding carboxylic acids is 2. The fourth-order valence-corrected chi connectivity index (χ4v) is 4.37. The van der Waals surface area contributed by atoms with Crippen LogP contribution in [0.15, 0.2) is 24.3 Å². The smallest absolute Gasteiger partial charge is 0.253 e. The van der Waals surface area contributed by atoms with Gasteiger partial charge in [0.15, 0.2) is 0 Å². The Balaban J connectivity index is 1.89. The molecule has 3 rings (SSSR count). The molecule has 2 amide bonds. The van der Waals surface area contributed by atoms with E-state index in [0.29, 0.717) is 5.56 Å². The summed E-state index contributed by atoms with van der Waals surface area (Å²) in [6.07, 6.45) is 3.10. The van der Waals surface area contributed by atoms with Crippen LogP contribution in [-0.4, -0.2) is 44.0 Å². The Morgan fingerprint density at radius 3 is 2.45 bits per heavy atom. The number of amides is 2. The minimum Gasteiger partial charge on any atom is -0.339 e. The van der Waals surface area contributed by atoms with Crippen LogP contribution >= 0.6 is 0 Å². The average molecular weight is 322 g/mol. The van der Waals surface area contributed by atoms with Crippen molar-refractivity contribution in [2.45, 2.75) is 25.7 Å². The first-order valence-electron chi connectivity index (χ1n) is 7.44. The van der Waals surface area contributed by atoms with E-state index in [-0.39, 0.29) is 23.8 Å². The van der Waals surface area contributed by atoms with Gasteiger partial charge in [0.1, 0.15) is 0 Å². The van der Waals surface area contributed by atoms with Gasteiger partial charge in [0.25, 0.3) is 5.91 Å². The molecule has 0 bridgehead atoms. The van der Waals surface area contributed by atoms with Gasteiger partial charge in [0.2, 0.25) is 15.9 Å². The molecule has 1 aromatic rings. The second-order valence-corrected chi connectivity index (χ2v) is 7.56. The molecule has 0 aliphatic carbocycles.